The second kappa shape index (κ2) is 11.8. The predicted molar refractivity (Wildman–Crippen MR) is 134 cm³/mol. The van der Waals surface area contributed by atoms with Crippen LogP contribution in [0.15, 0.2) is 91.0 Å². The van der Waals surface area contributed by atoms with Crippen LogP contribution in [0.4, 0.5) is 0 Å². The Kier molecular flexibility index (Phi) is 9.07. The van der Waals surface area contributed by atoms with Gasteiger partial charge in [-0.1, -0.05) is 103 Å². The molecule has 3 rings (SSSR count). The Morgan fingerprint density at radius 1 is 0.848 bits per heavy atom. The summed E-state index contributed by atoms with van der Waals surface area (Å²) in [6, 6.07) is 30.1. The van der Waals surface area contributed by atoms with Crippen LogP contribution < -0.4 is 0 Å². The highest BCUT2D eigenvalue weighted by Crippen LogP contribution is 2.42. The average molecular weight is 485 g/mol. The van der Waals surface area contributed by atoms with Crippen molar-refractivity contribution in [2.75, 3.05) is 19.0 Å². The molecule has 1 N–H and O–H groups in total. The number of hydrogen-bond acceptors (Lipinski definition) is 5. The lowest BCUT2D eigenvalue weighted by molar-refractivity contribution is -0.124. The molecule has 0 saturated carbocycles. The van der Waals surface area contributed by atoms with Crippen molar-refractivity contribution in [3.8, 4) is 0 Å². The zero-order valence-electron chi connectivity index (χ0n) is 18.8. The minimum absolute atomic E-state index is 0.0453. The van der Waals surface area contributed by atoms with E-state index in [1.165, 1.54) is 0 Å². The molecule has 0 saturated heterocycles. The van der Waals surface area contributed by atoms with Crippen LogP contribution >= 0.6 is 20.0 Å². The molecule has 5 nitrogen and oxygen atoms in total. The van der Waals surface area contributed by atoms with E-state index in [2.05, 4.69) is 0 Å². The van der Waals surface area contributed by atoms with Crippen LogP contribution in [-0.2, 0) is 24.2 Å². The molecule has 3 aromatic carbocycles. The topological polar surface area (TPSA) is 72.8 Å². The summed E-state index contributed by atoms with van der Waals surface area (Å²) in [4.78, 5) is 21.7. The number of rotatable bonds is 11. The van der Waals surface area contributed by atoms with Gasteiger partial charge in [0.05, 0.1) is 18.6 Å². The monoisotopic (exact) mass is 484 g/mol. The molecule has 1 unspecified atom stereocenters. The standard InChI is InChI=1S/C26H29O5PS/c1-25(2,24(27)33-19-18-31-32(28)29)20-30-26(21-12-6-3-7-13-21,22-14-8-4-9-15-22)23-16-10-5-11-17-23/h3-17,32H,18-20H2,1-2H3,(H,28,29). The van der Waals surface area contributed by atoms with Gasteiger partial charge in [-0.3, -0.25) is 9.36 Å². The van der Waals surface area contributed by atoms with E-state index in [0.717, 1.165) is 28.5 Å². The Bertz CT molecular complexity index is 945. The molecule has 0 heterocycles. The van der Waals surface area contributed by atoms with E-state index in [0.29, 0.717) is 5.75 Å². The van der Waals surface area contributed by atoms with Crippen molar-refractivity contribution in [3.63, 3.8) is 0 Å². The maximum absolute atomic E-state index is 12.9. The second-order valence-corrected chi connectivity index (χ2v) is 10.1. The predicted octanol–water partition coefficient (Wildman–Crippen LogP) is 5.68. The third-order valence-corrected chi connectivity index (χ3v) is 6.92. The van der Waals surface area contributed by atoms with Gasteiger partial charge >= 0.3 is 8.25 Å². The van der Waals surface area contributed by atoms with Gasteiger partial charge < -0.3 is 14.2 Å². The van der Waals surface area contributed by atoms with Crippen molar-refractivity contribution < 1.29 is 23.5 Å². The molecule has 0 aliphatic rings. The van der Waals surface area contributed by atoms with E-state index >= 15 is 0 Å². The van der Waals surface area contributed by atoms with E-state index in [4.69, 9.17) is 14.2 Å². The molecular weight excluding hydrogens is 455 g/mol. The molecule has 0 bridgehead atoms. The summed E-state index contributed by atoms with van der Waals surface area (Å²) in [7, 11) is -2.99. The highest BCUT2D eigenvalue weighted by atomic mass is 32.2. The van der Waals surface area contributed by atoms with Gasteiger partial charge in [-0.2, -0.15) is 0 Å². The maximum atomic E-state index is 12.9. The Balaban J connectivity index is 1.94. The fraction of sp³-hybridized carbons (Fsp3) is 0.269. The third kappa shape index (κ3) is 6.44. The van der Waals surface area contributed by atoms with Crippen molar-refractivity contribution in [1.29, 1.82) is 0 Å². The molecule has 3 aromatic rings. The first-order valence-electron chi connectivity index (χ1n) is 10.7. The third-order valence-electron chi connectivity index (χ3n) is 5.29. The van der Waals surface area contributed by atoms with Crippen molar-refractivity contribution in [1.82, 2.24) is 0 Å². The van der Waals surface area contributed by atoms with E-state index in [-0.39, 0.29) is 18.3 Å². The Morgan fingerprint density at radius 3 is 1.67 bits per heavy atom. The van der Waals surface area contributed by atoms with E-state index < -0.39 is 19.3 Å². The fourth-order valence-corrected chi connectivity index (χ4v) is 4.80. The van der Waals surface area contributed by atoms with Gasteiger partial charge in [0.15, 0.2) is 5.12 Å². The molecule has 0 aliphatic carbocycles. The van der Waals surface area contributed by atoms with Gasteiger partial charge in [0, 0.05) is 5.75 Å². The number of thioether (sulfide) groups is 1. The van der Waals surface area contributed by atoms with Crippen molar-refractivity contribution in [2.45, 2.75) is 19.4 Å². The minimum atomic E-state index is -2.99. The lowest BCUT2D eigenvalue weighted by Gasteiger charge is -2.38. The number of ether oxygens (including phenoxy) is 1. The van der Waals surface area contributed by atoms with Crippen LogP contribution in [0.25, 0.3) is 0 Å². The van der Waals surface area contributed by atoms with Gasteiger partial charge in [-0.15, -0.1) is 0 Å². The summed E-state index contributed by atoms with van der Waals surface area (Å²) >= 11 is 1.09. The zero-order valence-corrected chi connectivity index (χ0v) is 20.6. The van der Waals surface area contributed by atoms with Gasteiger partial charge in [0.25, 0.3) is 0 Å². The van der Waals surface area contributed by atoms with Gasteiger partial charge in [-0.25, -0.2) is 0 Å². The lowest BCUT2D eigenvalue weighted by Crippen LogP contribution is -2.38. The summed E-state index contributed by atoms with van der Waals surface area (Å²) in [5.74, 6) is 0.306. The quantitative estimate of drug-likeness (QED) is 0.214. The first-order valence-corrected chi connectivity index (χ1v) is 12.9. The highest BCUT2D eigenvalue weighted by Gasteiger charge is 2.40. The minimum Gasteiger partial charge on any atom is -0.360 e. The average Bonchev–Trinajstić information content (AvgIpc) is 2.84. The van der Waals surface area contributed by atoms with Crippen LogP contribution in [-0.4, -0.2) is 29.0 Å². The maximum Gasteiger partial charge on any atom is 0.316 e. The SMILES string of the molecule is CC(C)(COC(c1ccccc1)(c1ccccc1)c1ccccc1)C(=O)SCCO[PH](=O)O. The normalized spacial score (nSPS) is 12.9. The van der Waals surface area contributed by atoms with Crippen LogP contribution in [0.2, 0.25) is 0 Å². The number of hydrogen-bond donors (Lipinski definition) is 1. The molecule has 33 heavy (non-hydrogen) atoms. The van der Waals surface area contributed by atoms with Crippen molar-refractivity contribution >= 4 is 25.1 Å². The Morgan fingerprint density at radius 2 is 1.27 bits per heavy atom. The molecular formula is C26H29O5PS. The smallest absolute Gasteiger partial charge is 0.316 e. The molecule has 0 spiro atoms. The molecule has 0 radical (unpaired) electrons. The van der Waals surface area contributed by atoms with Crippen LogP contribution in [0.1, 0.15) is 30.5 Å². The fourth-order valence-electron chi connectivity index (χ4n) is 3.57. The Hall–Kier alpha value is -2.21. The zero-order chi connectivity index (χ0) is 23.7. The lowest BCUT2D eigenvalue weighted by atomic mass is 9.79. The number of benzene rings is 3. The van der Waals surface area contributed by atoms with Crippen LogP contribution in [0.5, 0.6) is 0 Å². The van der Waals surface area contributed by atoms with Crippen molar-refractivity contribution in [3.05, 3.63) is 108 Å². The summed E-state index contributed by atoms with van der Waals surface area (Å²) in [5, 5.41) is -0.0632. The summed E-state index contributed by atoms with van der Waals surface area (Å²) in [5.41, 5.74) is 1.23. The van der Waals surface area contributed by atoms with Crippen molar-refractivity contribution in [2.24, 2.45) is 5.41 Å². The number of carbonyl (C=O) groups excluding carboxylic acids is 1. The molecule has 7 heteroatoms. The van der Waals surface area contributed by atoms with Gasteiger partial charge in [0.1, 0.15) is 5.60 Å². The molecule has 0 amide bonds. The highest BCUT2D eigenvalue weighted by molar-refractivity contribution is 8.13. The summed E-state index contributed by atoms with van der Waals surface area (Å²) in [6.07, 6.45) is 0. The molecule has 0 fully saturated rings. The van der Waals surface area contributed by atoms with Gasteiger partial charge in [0.2, 0.25) is 0 Å². The second-order valence-electron chi connectivity index (χ2n) is 8.20. The van der Waals surface area contributed by atoms with E-state index in [1.807, 2.05) is 105 Å². The largest absolute Gasteiger partial charge is 0.360 e. The first-order chi connectivity index (χ1) is 15.9. The molecule has 0 aromatic heterocycles. The number of carbonyl (C=O) groups is 1. The molecule has 1 atom stereocenters. The summed E-state index contributed by atoms with van der Waals surface area (Å²) < 4.78 is 22.2. The van der Waals surface area contributed by atoms with Crippen LogP contribution in [0, 0.1) is 5.41 Å². The van der Waals surface area contributed by atoms with Crippen LogP contribution in [0.3, 0.4) is 0 Å². The van der Waals surface area contributed by atoms with E-state index in [1.54, 1.807) is 0 Å². The summed E-state index contributed by atoms with van der Waals surface area (Å²) in [6.45, 7) is 3.92. The van der Waals surface area contributed by atoms with Gasteiger partial charge in [-0.05, 0) is 30.5 Å². The Labute approximate surface area is 200 Å². The molecule has 0 aliphatic heterocycles. The van der Waals surface area contributed by atoms with E-state index in [9.17, 15) is 9.36 Å². The molecule has 174 valence electrons. The first kappa shape index (κ1) is 25.4.